The number of nitro groups is 1. The number of nitro benzene ring substituents is 1. The highest BCUT2D eigenvalue weighted by atomic mass is 32.1. The third-order valence-corrected chi connectivity index (χ3v) is 3.98. The number of hydrogen-bond donors (Lipinski definition) is 2. The number of carbonyl (C=O) groups excluding carboxylic acids is 1. The van der Waals surface area contributed by atoms with E-state index in [1.165, 1.54) is 17.4 Å². The van der Waals surface area contributed by atoms with Crippen LogP contribution in [0.3, 0.4) is 0 Å². The molecule has 0 fully saturated rings. The number of benzene rings is 1. The lowest BCUT2D eigenvalue weighted by atomic mass is 10.0. The normalized spacial score (nSPS) is 12.0. The number of nitrogens with zero attached hydrogens (tertiary/aromatic N) is 2. The fraction of sp³-hybridized carbons (Fsp3) is 0.286. The van der Waals surface area contributed by atoms with Gasteiger partial charge >= 0.3 is 0 Å². The Bertz CT molecular complexity index is 714. The van der Waals surface area contributed by atoms with Crippen molar-refractivity contribution in [2.45, 2.75) is 26.3 Å². The summed E-state index contributed by atoms with van der Waals surface area (Å²) in [7, 11) is 0. The Kier molecular flexibility index (Phi) is 4.84. The van der Waals surface area contributed by atoms with Crippen molar-refractivity contribution >= 4 is 28.1 Å². The third-order valence-electron chi connectivity index (χ3n) is 3.10. The van der Waals surface area contributed by atoms with Crippen LogP contribution in [0.1, 0.15) is 16.8 Å². The van der Waals surface area contributed by atoms with E-state index >= 15 is 0 Å². The summed E-state index contributed by atoms with van der Waals surface area (Å²) in [4.78, 5) is 26.5. The zero-order chi connectivity index (χ0) is 16.3. The van der Waals surface area contributed by atoms with E-state index in [0.717, 1.165) is 11.3 Å². The number of thiazole rings is 1. The van der Waals surface area contributed by atoms with E-state index in [1.807, 2.05) is 12.3 Å². The standard InChI is InChI=1S/C14H16N4O3S/c1-8-5-10(3-4-12(8)18(20)21)6-11(15)13(19)17-14-16-9(2)7-22-14/h3-5,7,11H,6,15H2,1-2H3,(H,16,17,19)/t11-/m0/s1. The van der Waals surface area contributed by atoms with E-state index in [1.54, 1.807) is 19.1 Å². The molecule has 3 N–H and O–H groups in total. The van der Waals surface area contributed by atoms with Crippen LogP contribution in [0.4, 0.5) is 10.8 Å². The van der Waals surface area contributed by atoms with Crippen molar-refractivity contribution in [3.8, 4) is 0 Å². The van der Waals surface area contributed by atoms with Gasteiger partial charge in [0.1, 0.15) is 0 Å². The molecule has 0 radical (unpaired) electrons. The minimum Gasteiger partial charge on any atom is -0.320 e. The second-order valence-electron chi connectivity index (χ2n) is 4.97. The Hall–Kier alpha value is -2.32. The van der Waals surface area contributed by atoms with Crippen molar-refractivity contribution in [2.24, 2.45) is 5.73 Å². The van der Waals surface area contributed by atoms with Gasteiger partial charge in [0.15, 0.2) is 5.13 Å². The Morgan fingerprint density at radius 2 is 2.23 bits per heavy atom. The van der Waals surface area contributed by atoms with Gasteiger partial charge < -0.3 is 11.1 Å². The SMILES string of the molecule is Cc1csc(NC(=O)[C@@H](N)Cc2ccc([N+](=O)[O-])c(C)c2)n1. The second kappa shape index (κ2) is 6.63. The van der Waals surface area contributed by atoms with E-state index in [2.05, 4.69) is 10.3 Å². The van der Waals surface area contributed by atoms with E-state index in [9.17, 15) is 14.9 Å². The molecule has 116 valence electrons. The predicted molar refractivity (Wildman–Crippen MR) is 85.0 cm³/mol. The monoisotopic (exact) mass is 320 g/mol. The molecule has 8 heteroatoms. The molecule has 2 rings (SSSR count). The molecule has 0 aliphatic heterocycles. The average Bonchev–Trinajstić information content (AvgIpc) is 2.83. The molecule has 0 bridgehead atoms. The van der Waals surface area contributed by atoms with Gasteiger partial charge in [-0.05, 0) is 31.9 Å². The smallest absolute Gasteiger partial charge is 0.272 e. The van der Waals surface area contributed by atoms with Crippen LogP contribution in [0.5, 0.6) is 0 Å². The average molecular weight is 320 g/mol. The topological polar surface area (TPSA) is 111 Å². The van der Waals surface area contributed by atoms with Gasteiger partial charge in [0.2, 0.25) is 5.91 Å². The summed E-state index contributed by atoms with van der Waals surface area (Å²) in [5, 5.41) is 15.8. The van der Waals surface area contributed by atoms with Gasteiger partial charge in [-0.15, -0.1) is 11.3 Å². The van der Waals surface area contributed by atoms with Crippen molar-refractivity contribution in [1.82, 2.24) is 4.98 Å². The van der Waals surface area contributed by atoms with Gasteiger partial charge in [-0.1, -0.05) is 6.07 Å². The van der Waals surface area contributed by atoms with Gasteiger partial charge in [0.05, 0.1) is 16.7 Å². The zero-order valence-corrected chi connectivity index (χ0v) is 13.0. The second-order valence-corrected chi connectivity index (χ2v) is 5.83. The molecule has 1 amide bonds. The first-order chi connectivity index (χ1) is 10.4. The van der Waals surface area contributed by atoms with Crippen LogP contribution in [-0.4, -0.2) is 21.9 Å². The van der Waals surface area contributed by atoms with Gasteiger partial charge in [0, 0.05) is 17.0 Å². The van der Waals surface area contributed by atoms with Crippen LogP contribution in [0, 0.1) is 24.0 Å². The molecular formula is C14H16N4O3S. The molecule has 0 unspecified atom stereocenters. The summed E-state index contributed by atoms with van der Waals surface area (Å²) in [5.41, 5.74) is 8.10. The van der Waals surface area contributed by atoms with Crippen LogP contribution < -0.4 is 11.1 Å². The molecule has 1 aromatic carbocycles. The van der Waals surface area contributed by atoms with Crippen molar-refractivity contribution in [1.29, 1.82) is 0 Å². The summed E-state index contributed by atoms with van der Waals surface area (Å²) >= 11 is 1.34. The van der Waals surface area contributed by atoms with E-state index < -0.39 is 11.0 Å². The summed E-state index contributed by atoms with van der Waals surface area (Å²) < 4.78 is 0. The molecule has 1 aromatic heterocycles. The number of nitrogens with two attached hydrogens (primary N) is 1. The highest BCUT2D eigenvalue weighted by Crippen LogP contribution is 2.20. The number of rotatable bonds is 5. The van der Waals surface area contributed by atoms with Crippen LogP contribution in [0.25, 0.3) is 0 Å². The molecular weight excluding hydrogens is 304 g/mol. The van der Waals surface area contributed by atoms with Crippen molar-refractivity contribution in [3.63, 3.8) is 0 Å². The van der Waals surface area contributed by atoms with E-state index in [4.69, 9.17) is 5.73 Å². The lowest BCUT2D eigenvalue weighted by Crippen LogP contribution is -2.37. The highest BCUT2D eigenvalue weighted by Gasteiger charge is 2.17. The van der Waals surface area contributed by atoms with Crippen LogP contribution in [0.15, 0.2) is 23.6 Å². The third kappa shape index (κ3) is 3.86. The van der Waals surface area contributed by atoms with Gasteiger partial charge in [-0.3, -0.25) is 14.9 Å². The summed E-state index contributed by atoms with van der Waals surface area (Å²) in [6, 6.07) is 3.98. The minimum atomic E-state index is -0.745. The summed E-state index contributed by atoms with van der Waals surface area (Å²) in [5.74, 6) is -0.328. The Labute approximate surface area is 131 Å². The maximum Gasteiger partial charge on any atom is 0.272 e. The number of anilines is 1. The van der Waals surface area contributed by atoms with Gasteiger partial charge in [0.25, 0.3) is 5.69 Å². The maximum atomic E-state index is 12.0. The number of aryl methyl sites for hydroxylation is 2. The fourth-order valence-electron chi connectivity index (χ4n) is 2.01. The van der Waals surface area contributed by atoms with E-state index in [0.29, 0.717) is 17.1 Å². The van der Waals surface area contributed by atoms with Gasteiger partial charge in [-0.2, -0.15) is 0 Å². The van der Waals surface area contributed by atoms with Gasteiger partial charge in [-0.25, -0.2) is 4.98 Å². The molecule has 0 spiro atoms. The predicted octanol–water partition coefficient (Wildman–Crippen LogP) is 2.18. The van der Waals surface area contributed by atoms with Crippen molar-refractivity contribution < 1.29 is 9.72 Å². The highest BCUT2D eigenvalue weighted by molar-refractivity contribution is 7.13. The first kappa shape index (κ1) is 16.1. The van der Waals surface area contributed by atoms with E-state index in [-0.39, 0.29) is 11.6 Å². The number of hydrogen-bond acceptors (Lipinski definition) is 6. The number of nitrogens with one attached hydrogen (secondary N) is 1. The van der Waals surface area contributed by atoms with Crippen LogP contribution in [-0.2, 0) is 11.2 Å². The Balaban J connectivity index is 2.02. The van der Waals surface area contributed by atoms with Crippen molar-refractivity contribution in [2.75, 3.05) is 5.32 Å². The summed E-state index contributed by atoms with van der Waals surface area (Å²) in [6.07, 6.45) is 0.301. The molecule has 1 atom stereocenters. The quantitative estimate of drug-likeness (QED) is 0.648. The Morgan fingerprint density at radius 3 is 2.77 bits per heavy atom. The molecule has 7 nitrogen and oxygen atoms in total. The zero-order valence-electron chi connectivity index (χ0n) is 12.2. The van der Waals surface area contributed by atoms with Crippen molar-refractivity contribution in [3.05, 3.63) is 50.5 Å². The first-order valence-electron chi connectivity index (χ1n) is 6.59. The molecule has 0 aliphatic rings. The Morgan fingerprint density at radius 1 is 1.50 bits per heavy atom. The molecule has 0 saturated carbocycles. The number of aromatic nitrogens is 1. The van der Waals surface area contributed by atoms with Crippen LogP contribution >= 0.6 is 11.3 Å². The summed E-state index contributed by atoms with van der Waals surface area (Å²) in [6.45, 7) is 3.50. The number of carbonyl (C=O) groups is 1. The lowest BCUT2D eigenvalue weighted by Gasteiger charge is -2.11. The molecule has 0 saturated heterocycles. The lowest BCUT2D eigenvalue weighted by molar-refractivity contribution is -0.385. The molecule has 1 heterocycles. The van der Waals surface area contributed by atoms with Crippen LogP contribution in [0.2, 0.25) is 0 Å². The molecule has 0 aliphatic carbocycles. The molecule has 2 aromatic rings. The fourth-order valence-corrected chi connectivity index (χ4v) is 2.70. The maximum absolute atomic E-state index is 12.0. The first-order valence-corrected chi connectivity index (χ1v) is 7.47. The molecule has 22 heavy (non-hydrogen) atoms. The number of amides is 1. The minimum absolute atomic E-state index is 0.0556. The largest absolute Gasteiger partial charge is 0.320 e.